The summed E-state index contributed by atoms with van der Waals surface area (Å²) in [5.74, 6) is 0.468. The molecular weight excluding hydrogens is 428 g/mol. The van der Waals surface area contributed by atoms with Crippen LogP contribution in [0.2, 0.25) is 0 Å². The van der Waals surface area contributed by atoms with Gasteiger partial charge in [-0.3, -0.25) is 10.1 Å². The lowest BCUT2D eigenvalue weighted by Crippen LogP contribution is -2.42. The Balaban J connectivity index is 1.45. The summed E-state index contributed by atoms with van der Waals surface area (Å²) in [6, 6.07) is 13.4. The predicted octanol–water partition coefficient (Wildman–Crippen LogP) is 3.96. The maximum atomic E-state index is 13.0. The number of carbonyl (C=O) groups excluding carboxylic acids is 1. The van der Waals surface area contributed by atoms with E-state index in [1.54, 1.807) is 0 Å². The summed E-state index contributed by atoms with van der Waals surface area (Å²) in [6.07, 6.45) is 1.02. The van der Waals surface area contributed by atoms with Crippen molar-refractivity contribution in [2.24, 2.45) is 11.8 Å². The average molecular weight is 455 g/mol. The Morgan fingerprint density at radius 3 is 2.25 bits per heavy atom. The minimum absolute atomic E-state index is 0.0291. The van der Waals surface area contributed by atoms with Gasteiger partial charge in [0.1, 0.15) is 0 Å². The summed E-state index contributed by atoms with van der Waals surface area (Å²) < 4.78 is 33.1. The molecule has 1 fully saturated rings. The smallest absolute Gasteiger partial charge is 0.322 e. The molecule has 168 valence electrons. The third-order valence-electron chi connectivity index (χ3n) is 5.53. The van der Waals surface area contributed by atoms with Gasteiger partial charge in [-0.15, -0.1) is 5.10 Å². The zero-order chi connectivity index (χ0) is 22.9. The third kappa shape index (κ3) is 4.73. The van der Waals surface area contributed by atoms with Crippen LogP contribution in [-0.4, -0.2) is 41.9 Å². The van der Waals surface area contributed by atoms with E-state index in [1.165, 1.54) is 28.6 Å². The lowest BCUT2D eigenvalue weighted by molar-refractivity contribution is 0.102. The van der Waals surface area contributed by atoms with E-state index in [2.05, 4.69) is 29.4 Å². The summed E-state index contributed by atoms with van der Waals surface area (Å²) in [4.78, 5) is 12.7. The number of sulfonamides is 1. The first-order valence-corrected chi connectivity index (χ1v) is 12.0. The van der Waals surface area contributed by atoms with Gasteiger partial charge < -0.3 is 4.42 Å². The van der Waals surface area contributed by atoms with Crippen molar-refractivity contribution in [2.45, 2.75) is 32.1 Å². The molecule has 2 atom stereocenters. The van der Waals surface area contributed by atoms with Gasteiger partial charge in [0.05, 0.1) is 4.90 Å². The number of aryl methyl sites for hydroxylation is 1. The second-order valence-corrected chi connectivity index (χ2v) is 10.5. The van der Waals surface area contributed by atoms with Crippen LogP contribution in [0.5, 0.6) is 0 Å². The van der Waals surface area contributed by atoms with Gasteiger partial charge >= 0.3 is 6.01 Å². The normalized spacial score (nSPS) is 19.6. The van der Waals surface area contributed by atoms with Crippen LogP contribution in [0.15, 0.2) is 57.8 Å². The number of hydrogen-bond donors (Lipinski definition) is 1. The summed E-state index contributed by atoms with van der Waals surface area (Å²) in [5.41, 5.74) is 2.15. The fourth-order valence-corrected chi connectivity index (χ4v) is 5.66. The van der Waals surface area contributed by atoms with Crippen molar-refractivity contribution in [3.8, 4) is 11.5 Å². The number of carbonyl (C=O) groups is 1. The van der Waals surface area contributed by atoms with Gasteiger partial charge in [-0.2, -0.15) is 4.31 Å². The van der Waals surface area contributed by atoms with Crippen LogP contribution in [-0.2, 0) is 10.0 Å². The van der Waals surface area contributed by atoms with E-state index in [-0.39, 0.29) is 10.9 Å². The Labute approximate surface area is 187 Å². The highest BCUT2D eigenvalue weighted by molar-refractivity contribution is 7.89. The number of piperidine rings is 1. The van der Waals surface area contributed by atoms with Crippen molar-refractivity contribution >= 4 is 21.9 Å². The first-order chi connectivity index (χ1) is 15.2. The maximum Gasteiger partial charge on any atom is 0.322 e. The Morgan fingerprint density at radius 2 is 1.62 bits per heavy atom. The second kappa shape index (κ2) is 8.84. The number of hydrogen-bond acceptors (Lipinski definition) is 6. The van der Waals surface area contributed by atoms with Crippen LogP contribution in [0, 0.1) is 18.8 Å². The molecule has 2 heterocycles. The van der Waals surface area contributed by atoms with Crippen LogP contribution < -0.4 is 5.32 Å². The highest BCUT2D eigenvalue weighted by Gasteiger charge is 2.31. The predicted molar refractivity (Wildman–Crippen MR) is 121 cm³/mol. The van der Waals surface area contributed by atoms with Gasteiger partial charge in [0.25, 0.3) is 5.91 Å². The molecule has 1 N–H and O–H groups in total. The van der Waals surface area contributed by atoms with Crippen LogP contribution >= 0.6 is 0 Å². The van der Waals surface area contributed by atoms with Crippen molar-refractivity contribution in [1.82, 2.24) is 14.5 Å². The monoisotopic (exact) mass is 454 g/mol. The number of nitrogens with zero attached hydrogens (tertiary/aromatic N) is 3. The molecule has 1 aliphatic rings. The standard InChI is InChI=1S/C23H26N4O4S/c1-15-4-6-19(7-5-15)22-25-26-23(31-22)24-21(28)18-8-10-20(11-9-18)32(29,30)27-13-16(2)12-17(3)14-27/h4-11,16-17H,12-14H2,1-3H3,(H,24,26,28)/t16-,17+. The molecule has 0 unspecified atom stereocenters. The molecule has 1 saturated heterocycles. The molecule has 4 rings (SSSR count). The van der Waals surface area contributed by atoms with Crippen LogP contribution in [0.1, 0.15) is 36.2 Å². The molecule has 9 heteroatoms. The average Bonchev–Trinajstić information content (AvgIpc) is 3.22. The molecule has 0 bridgehead atoms. The summed E-state index contributed by atoms with van der Waals surface area (Å²) >= 11 is 0. The SMILES string of the molecule is Cc1ccc(-c2nnc(NC(=O)c3ccc(S(=O)(=O)N4C[C@H](C)C[C@H](C)C4)cc3)o2)cc1. The summed E-state index contributed by atoms with van der Waals surface area (Å²) in [7, 11) is -3.60. The van der Waals surface area contributed by atoms with Gasteiger partial charge in [-0.05, 0) is 61.6 Å². The van der Waals surface area contributed by atoms with E-state index < -0.39 is 15.9 Å². The Kier molecular flexibility index (Phi) is 6.12. The lowest BCUT2D eigenvalue weighted by Gasteiger charge is -2.34. The molecule has 0 aliphatic carbocycles. The molecule has 8 nitrogen and oxygen atoms in total. The molecule has 3 aromatic rings. The van der Waals surface area contributed by atoms with E-state index in [9.17, 15) is 13.2 Å². The Bertz CT molecular complexity index is 1190. The summed E-state index contributed by atoms with van der Waals surface area (Å²) in [5, 5.41) is 10.4. The van der Waals surface area contributed by atoms with Crippen molar-refractivity contribution < 1.29 is 17.6 Å². The van der Waals surface area contributed by atoms with E-state index >= 15 is 0 Å². The molecule has 1 aliphatic heterocycles. The lowest BCUT2D eigenvalue weighted by atomic mass is 9.94. The topological polar surface area (TPSA) is 105 Å². The van der Waals surface area contributed by atoms with Crippen molar-refractivity contribution in [3.63, 3.8) is 0 Å². The Hall–Kier alpha value is -3.04. The minimum Gasteiger partial charge on any atom is -0.403 e. The second-order valence-electron chi connectivity index (χ2n) is 8.52. The first-order valence-electron chi connectivity index (χ1n) is 10.5. The van der Waals surface area contributed by atoms with E-state index in [0.29, 0.717) is 36.4 Å². The van der Waals surface area contributed by atoms with Gasteiger partial charge in [0.2, 0.25) is 15.9 Å². The molecule has 0 radical (unpaired) electrons. The van der Waals surface area contributed by atoms with E-state index in [1.807, 2.05) is 31.2 Å². The fraction of sp³-hybridized carbons (Fsp3) is 0.348. The highest BCUT2D eigenvalue weighted by Crippen LogP contribution is 2.27. The maximum absolute atomic E-state index is 13.0. The molecule has 1 aromatic heterocycles. The number of nitrogens with one attached hydrogen (secondary N) is 1. The molecule has 32 heavy (non-hydrogen) atoms. The summed E-state index contributed by atoms with van der Waals surface area (Å²) in [6.45, 7) is 7.12. The first kappa shape index (κ1) is 22.2. The van der Waals surface area contributed by atoms with Gasteiger partial charge in [0.15, 0.2) is 0 Å². The van der Waals surface area contributed by atoms with E-state index in [0.717, 1.165) is 17.5 Å². The number of benzene rings is 2. The zero-order valence-corrected chi connectivity index (χ0v) is 19.1. The Morgan fingerprint density at radius 1 is 1.00 bits per heavy atom. The highest BCUT2D eigenvalue weighted by atomic mass is 32.2. The largest absolute Gasteiger partial charge is 0.403 e. The number of aromatic nitrogens is 2. The zero-order valence-electron chi connectivity index (χ0n) is 18.3. The minimum atomic E-state index is -3.60. The van der Waals surface area contributed by atoms with Crippen LogP contribution in [0.3, 0.4) is 0 Å². The quantitative estimate of drug-likeness (QED) is 0.625. The molecular formula is C23H26N4O4S. The molecule has 2 aromatic carbocycles. The van der Waals surface area contributed by atoms with E-state index in [4.69, 9.17) is 4.42 Å². The van der Waals surface area contributed by atoms with Crippen LogP contribution in [0.4, 0.5) is 6.01 Å². The number of rotatable bonds is 5. The molecule has 0 saturated carbocycles. The number of amides is 1. The van der Waals surface area contributed by atoms with Crippen molar-refractivity contribution in [3.05, 3.63) is 59.7 Å². The molecule has 1 amide bonds. The van der Waals surface area contributed by atoms with Gasteiger partial charge in [-0.1, -0.05) is 36.6 Å². The van der Waals surface area contributed by atoms with Crippen molar-refractivity contribution in [2.75, 3.05) is 18.4 Å². The van der Waals surface area contributed by atoms with Gasteiger partial charge in [0, 0.05) is 24.2 Å². The number of anilines is 1. The fourth-order valence-electron chi connectivity index (χ4n) is 3.99. The molecule has 0 spiro atoms. The van der Waals surface area contributed by atoms with Crippen molar-refractivity contribution in [1.29, 1.82) is 0 Å². The van der Waals surface area contributed by atoms with Crippen LogP contribution in [0.25, 0.3) is 11.5 Å². The third-order valence-corrected chi connectivity index (χ3v) is 7.38. The van der Waals surface area contributed by atoms with Gasteiger partial charge in [-0.25, -0.2) is 8.42 Å².